The highest BCUT2D eigenvalue weighted by Gasteiger charge is 2.56. The Morgan fingerprint density at radius 2 is 1.80 bits per heavy atom. The quantitative estimate of drug-likeness (QED) is 0.795. The van der Waals surface area contributed by atoms with Gasteiger partial charge in [-0.2, -0.15) is 13.2 Å². The van der Waals surface area contributed by atoms with Gasteiger partial charge in [-0.05, 0) is 68.6 Å². The Labute approximate surface area is 143 Å². The zero-order chi connectivity index (χ0) is 18.0. The van der Waals surface area contributed by atoms with Crippen molar-refractivity contribution in [2.24, 2.45) is 17.6 Å². The van der Waals surface area contributed by atoms with Gasteiger partial charge in [-0.25, -0.2) is 4.39 Å². The van der Waals surface area contributed by atoms with E-state index in [1.807, 2.05) is 0 Å². The number of carbonyl (C=O) groups excluding carboxylic acids is 1. The summed E-state index contributed by atoms with van der Waals surface area (Å²) in [5, 5.41) is 2.86. The van der Waals surface area contributed by atoms with Gasteiger partial charge < -0.3 is 11.1 Å². The number of rotatable bonds is 2. The Hall–Kier alpha value is -1.63. The van der Waals surface area contributed by atoms with Crippen LogP contribution in [0.4, 0.5) is 17.6 Å². The summed E-state index contributed by atoms with van der Waals surface area (Å²) in [4.78, 5) is 12.6. The van der Waals surface area contributed by atoms with Crippen LogP contribution in [0.25, 0.3) is 0 Å². The topological polar surface area (TPSA) is 55.1 Å². The smallest absolute Gasteiger partial charge is 0.346 e. The normalized spacial score (nSPS) is 36.5. The predicted molar refractivity (Wildman–Crippen MR) is 83.2 cm³/mol. The number of benzene rings is 1. The third kappa shape index (κ3) is 2.92. The fourth-order valence-corrected chi connectivity index (χ4v) is 5.66. The molecule has 25 heavy (non-hydrogen) atoms. The maximum absolute atomic E-state index is 14.0. The standard InChI is InChI=1S/C18H20F4N2O/c19-14-2-1-12(18(20,21)22)4-13(14)15(25)24-17-7-10-3-11(8-17)6-16(23,5-10)9-17/h1-2,4,10-11H,3,5-9,23H2,(H,24,25). The molecule has 136 valence electrons. The molecule has 4 fully saturated rings. The summed E-state index contributed by atoms with van der Waals surface area (Å²) in [6, 6.07) is 1.93. The van der Waals surface area contributed by atoms with Crippen LogP contribution in [0.3, 0.4) is 0 Å². The lowest BCUT2D eigenvalue weighted by atomic mass is 9.50. The molecule has 7 heteroatoms. The monoisotopic (exact) mass is 356 g/mol. The average molecular weight is 356 g/mol. The first kappa shape index (κ1) is 16.8. The molecule has 4 aliphatic carbocycles. The van der Waals surface area contributed by atoms with Gasteiger partial charge in [0.2, 0.25) is 0 Å². The minimum absolute atomic E-state index is 0.316. The van der Waals surface area contributed by atoms with Gasteiger partial charge in [0.15, 0.2) is 0 Å². The van der Waals surface area contributed by atoms with Crippen LogP contribution < -0.4 is 11.1 Å². The van der Waals surface area contributed by atoms with Crippen molar-refractivity contribution in [3.05, 3.63) is 35.1 Å². The molecule has 3 nitrogen and oxygen atoms in total. The Morgan fingerprint density at radius 1 is 1.16 bits per heavy atom. The van der Waals surface area contributed by atoms with Gasteiger partial charge in [-0.1, -0.05) is 0 Å². The molecule has 5 rings (SSSR count). The molecule has 2 unspecified atom stereocenters. The molecule has 4 saturated carbocycles. The van der Waals surface area contributed by atoms with Gasteiger partial charge >= 0.3 is 6.18 Å². The van der Waals surface area contributed by atoms with E-state index in [1.54, 1.807) is 0 Å². The molecule has 0 aromatic heterocycles. The summed E-state index contributed by atoms with van der Waals surface area (Å²) in [6.45, 7) is 0. The Balaban J connectivity index is 1.61. The van der Waals surface area contributed by atoms with Crippen molar-refractivity contribution in [1.82, 2.24) is 5.32 Å². The zero-order valence-electron chi connectivity index (χ0n) is 13.6. The molecule has 3 N–H and O–H groups in total. The van der Waals surface area contributed by atoms with Gasteiger partial charge in [0.1, 0.15) is 5.82 Å². The Morgan fingerprint density at radius 3 is 2.36 bits per heavy atom. The highest BCUT2D eigenvalue weighted by Crippen LogP contribution is 2.56. The first-order valence-corrected chi connectivity index (χ1v) is 8.56. The first-order valence-electron chi connectivity index (χ1n) is 8.56. The fourth-order valence-electron chi connectivity index (χ4n) is 5.66. The zero-order valence-corrected chi connectivity index (χ0v) is 13.6. The van der Waals surface area contributed by atoms with Crippen LogP contribution in [-0.2, 0) is 6.18 Å². The summed E-state index contributed by atoms with van der Waals surface area (Å²) < 4.78 is 52.6. The highest BCUT2D eigenvalue weighted by molar-refractivity contribution is 5.95. The van der Waals surface area contributed by atoms with Crippen molar-refractivity contribution in [2.75, 3.05) is 0 Å². The SMILES string of the molecule is NC12CC3CC(C1)CC(NC(=O)c1cc(C(F)(F)F)ccc1F)(C3)C2. The molecule has 1 amide bonds. The van der Waals surface area contributed by atoms with Crippen molar-refractivity contribution in [1.29, 1.82) is 0 Å². The number of nitrogens with two attached hydrogens (primary N) is 1. The van der Waals surface area contributed by atoms with Gasteiger partial charge in [0.05, 0.1) is 11.1 Å². The molecule has 1 aromatic carbocycles. The minimum atomic E-state index is -4.62. The molecule has 0 spiro atoms. The summed E-state index contributed by atoms with van der Waals surface area (Å²) >= 11 is 0. The lowest BCUT2D eigenvalue weighted by molar-refractivity contribution is -0.137. The molecule has 4 aliphatic rings. The predicted octanol–water partition coefficient (Wildman–Crippen LogP) is 3.62. The van der Waals surface area contributed by atoms with E-state index in [0.29, 0.717) is 36.5 Å². The van der Waals surface area contributed by atoms with E-state index in [1.165, 1.54) is 0 Å². The third-order valence-electron chi connectivity index (χ3n) is 6.02. The minimum Gasteiger partial charge on any atom is -0.346 e. The Kier molecular flexibility index (Phi) is 3.49. The van der Waals surface area contributed by atoms with Crippen LogP contribution >= 0.6 is 0 Å². The molecule has 4 bridgehead atoms. The summed E-state index contributed by atoms with van der Waals surface area (Å²) in [7, 11) is 0. The van der Waals surface area contributed by atoms with Crippen LogP contribution in [0.15, 0.2) is 18.2 Å². The second kappa shape index (κ2) is 5.19. The molecule has 0 saturated heterocycles. The summed E-state index contributed by atoms with van der Waals surface area (Å²) in [5.74, 6) is -0.873. The Bertz CT molecular complexity index is 716. The van der Waals surface area contributed by atoms with Gasteiger partial charge in [-0.15, -0.1) is 0 Å². The highest BCUT2D eigenvalue weighted by atomic mass is 19.4. The molecule has 0 heterocycles. The second-order valence-corrected chi connectivity index (χ2v) is 8.25. The first-order chi connectivity index (χ1) is 11.6. The molecule has 0 aliphatic heterocycles. The maximum Gasteiger partial charge on any atom is 0.416 e. The molecular formula is C18H20F4N2O. The van der Waals surface area contributed by atoms with Gasteiger partial charge in [0.25, 0.3) is 5.91 Å². The number of alkyl halides is 3. The molecule has 1 aromatic rings. The van der Waals surface area contributed by atoms with E-state index < -0.39 is 34.6 Å². The molecule has 2 atom stereocenters. The van der Waals surface area contributed by atoms with Gasteiger partial charge in [-0.3, -0.25) is 4.79 Å². The lowest BCUT2D eigenvalue weighted by Gasteiger charge is -2.61. The number of carbonyl (C=O) groups is 1. The molecule has 0 radical (unpaired) electrons. The van der Waals surface area contributed by atoms with Crippen LogP contribution in [0, 0.1) is 17.7 Å². The van der Waals surface area contributed by atoms with Crippen molar-refractivity contribution in [2.45, 2.75) is 55.8 Å². The van der Waals surface area contributed by atoms with E-state index in [4.69, 9.17) is 5.73 Å². The number of hydrogen-bond donors (Lipinski definition) is 2. The second-order valence-electron chi connectivity index (χ2n) is 8.25. The largest absolute Gasteiger partial charge is 0.416 e. The van der Waals surface area contributed by atoms with Crippen LogP contribution in [0.2, 0.25) is 0 Å². The van der Waals surface area contributed by atoms with E-state index in [2.05, 4.69) is 5.32 Å². The summed E-state index contributed by atoms with van der Waals surface area (Å²) in [5.41, 5.74) is 4.04. The molecular weight excluding hydrogens is 336 g/mol. The summed E-state index contributed by atoms with van der Waals surface area (Å²) in [6.07, 6.45) is 0.486. The number of halogens is 4. The van der Waals surface area contributed by atoms with E-state index >= 15 is 0 Å². The van der Waals surface area contributed by atoms with Crippen molar-refractivity contribution in [3.8, 4) is 0 Å². The average Bonchev–Trinajstić information content (AvgIpc) is 2.42. The van der Waals surface area contributed by atoms with Crippen LogP contribution in [-0.4, -0.2) is 17.0 Å². The van der Waals surface area contributed by atoms with Crippen molar-refractivity contribution in [3.63, 3.8) is 0 Å². The van der Waals surface area contributed by atoms with E-state index in [-0.39, 0.29) is 5.54 Å². The van der Waals surface area contributed by atoms with E-state index in [9.17, 15) is 22.4 Å². The van der Waals surface area contributed by atoms with Gasteiger partial charge in [0, 0.05) is 11.1 Å². The third-order valence-corrected chi connectivity index (χ3v) is 6.02. The van der Waals surface area contributed by atoms with Crippen LogP contribution in [0.5, 0.6) is 0 Å². The maximum atomic E-state index is 14.0. The number of nitrogens with one attached hydrogen (secondary N) is 1. The van der Waals surface area contributed by atoms with Crippen molar-refractivity contribution < 1.29 is 22.4 Å². The van der Waals surface area contributed by atoms with Crippen molar-refractivity contribution >= 4 is 5.91 Å². The lowest BCUT2D eigenvalue weighted by Crippen LogP contribution is -2.68. The number of hydrogen-bond acceptors (Lipinski definition) is 2. The van der Waals surface area contributed by atoms with E-state index in [0.717, 1.165) is 32.1 Å². The number of amides is 1. The fraction of sp³-hybridized carbons (Fsp3) is 0.611. The van der Waals surface area contributed by atoms with Crippen LogP contribution in [0.1, 0.15) is 54.4 Å².